The van der Waals surface area contributed by atoms with Gasteiger partial charge in [0, 0.05) is 11.7 Å². The summed E-state index contributed by atoms with van der Waals surface area (Å²) in [6.45, 7) is 10.8. The smallest absolute Gasteiger partial charge is 0.0485 e. The van der Waals surface area contributed by atoms with Crippen LogP contribution in [-0.2, 0) is 0 Å². The normalized spacial score (nSPS) is 12.3. The Kier molecular flexibility index (Phi) is 3.94. The van der Waals surface area contributed by atoms with Gasteiger partial charge in [-0.1, -0.05) is 47.5 Å². The lowest BCUT2D eigenvalue weighted by molar-refractivity contribution is 0.878. The maximum Gasteiger partial charge on any atom is 0.0485 e. The predicted molar refractivity (Wildman–Crippen MR) is 83.9 cm³/mol. The fourth-order valence-corrected chi connectivity index (χ4v) is 2.65. The van der Waals surface area contributed by atoms with Crippen LogP contribution in [0.5, 0.6) is 0 Å². The van der Waals surface area contributed by atoms with E-state index in [1.165, 1.54) is 33.5 Å². The molecular weight excluding hydrogens is 230 g/mol. The van der Waals surface area contributed by atoms with Crippen LogP contribution in [-0.4, -0.2) is 0 Å². The minimum Gasteiger partial charge on any atom is -0.378 e. The van der Waals surface area contributed by atoms with Gasteiger partial charge in [0.2, 0.25) is 0 Å². The molecule has 0 radical (unpaired) electrons. The van der Waals surface area contributed by atoms with Crippen LogP contribution in [0.15, 0.2) is 36.4 Å². The molecule has 0 aliphatic rings. The molecule has 2 aromatic carbocycles. The van der Waals surface area contributed by atoms with Gasteiger partial charge in [0.25, 0.3) is 0 Å². The van der Waals surface area contributed by atoms with E-state index >= 15 is 0 Å². The Bertz CT molecular complexity index is 561. The lowest BCUT2D eigenvalue weighted by Crippen LogP contribution is -2.09. The van der Waals surface area contributed by atoms with Gasteiger partial charge in [-0.3, -0.25) is 0 Å². The molecule has 0 saturated heterocycles. The molecule has 1 nitrogen and oxygen atoms in total. The van der Waals surface area contributed by atoms with E-state index in [0.29, 0.717) is 6.04 Å². The summed E-state index contributed by atoms with van der Waals surface area (Å²) in [6.07, 6.45) is 0. The second kappa shape index (κ2) is 5.48. The molecule has 1 N–H and O–H groups in total. The quantitative estimate of drug-likeness (QED) is 0.803. The molecule has 0 heterocycles. The zero-order valence-corrected chi connectivity index (χ0v) is 12.5. The zero-order chi connectivity index (χ0) is 14.0. The van der Waals surface area contributed by atoms with E-state index in [1.807, 2.05) is 0 Å². The summed E-state index contributed by atoms with van der Waals surface area (Å²) in [7, 11) is 0. The number of rotatable bonds is 3. The Labute approximate surface area is 116 Å². The summed E-state index contributed by atoms with van der Waals surface area (Å²) in [5, 5.41) is 3.65. The molecular formula is C18H23N. The Balaban J connectivity index is 2.26. The second-order valence-corrected chi connectivity index (χ2v) is 5.55. The maximum absolute atomic E-state index is 3.65. The highest BCUT2D eigenvalue weighted by Gasteiger charge is 2.09. The SMILES string of the molecule is Cc1cccc(C(C)Nc2c(C)cc(C)cc2C)c1. The average molecular weight is 253 g/mol. The van der Waals surface area contributed by atoms with Gasteiger partial charge in [0.05, 0.1) is 0 Å². The number of hydrogen-bond donors (Lipinski definition) is 1. The van der Waals surface area contributed by atoms with Gasteiger partial charge in [-0.15, -0.1) is 0 Å². The summed E-state index contributed by atoms with van der Waals surface area (Å²) >= 11 is 0. The van der Waals surface area contributed by atoms with Crippen LogP contribution in [0.1, 0.15) is 40.8 Å². The van der Waals surface area contributed by atoms with Crippen molar-refractivity contribution in [2.24, 2.45) is 0 Å². The van der Waals surface area contributed by atoms with Crippen LogP contribution in [0.4, 0.5) is 5.69 Å². The van der Waals surface area contributed by atoms with E-state index in [1.54, 1.807) is 0 Å². The van der Waals surface area contributed by atoms with Crippen LogP contribution in [0.25, 0.3) is 0 Å². The van der Waals surface area contributed by atoms with Crippen molar-refractivity contribution in [2.75, 3.05) is 5.32 Å². The first-order valence-electron chi connectivity index (χ1n) is 6.88. The van der Waals surface area contributed by atoms with E-state index in [4.69, 9.17) is 0 Å². The minimum absolute atomic E-state index is 0.319. The van der Waals surface area contributed by atoms with Gasteiger partial charge in [0.15, 0.2) is 0 Å². The second-order valence-electron chi connectivity index (χ2n) is 5.55. The van der Waals surface area contributed by atoms with Crippen molar-refractivity contribution in [3.8, 4) is 0 Å². The van der Waals surface area contributed by atoms with Gasteiger partial charge >= 0.3 is 0 Å². The molecule has 100 valence electrons. The van der Waals surface area contributed by atoms with E-state index in [2.05, 4.69) is 76.3 Å². The van der Waals surface area contributed by atoms with Crippen molar-refractivity contribution < 1.29 is 0 Å². The van der Waals surface area contributed by atoms with E-state index in [9.17, 15) is 0 Å². The van der Waals surface area contributed by atoms with Gasteiger partial charge in [-0.2, -0.15) is 0 Å². The van der Waals surface area contributed by atoms with E-state index in [0.717, 1.165) is 0 Å². The fraction of sp³-hybridized carbons (Fsp3) is 0.333. The third kappa shape index (κ3) is 3.17. The zero-order valence-electron chi connectivity index (χ0n) is 12.5. The number of aryl methyl sites for hydroxylation is 4. The summed E-state index contributed by atoms with van der Waals surface area (Å²) in [5.41, 5.74) is 7.86. The molecule has 0 bridgehead atoms. The minimum atomic E-state index is 0.319. The number of hydrogen-bond acceptors (Lipinski definition) is 1. The first kappa shape index (κ1) is 13.7. The lowest BCUT2D eigenvalue weighted by Gasteiger charge is -2.20. The lowest BCUT2D eigenvalue weighted by atomic mass is 10.0. The standard InChI is InChI=1S/C18H23N/c1-12-7-6-8-17(11-12)16(5)19-18-14(3)9-13(2)10-15(18)4/h6-11,16,19H,1-5H3. The van der Waals surface area contributed by atoms with Crippen LogP contribution in [0.2, 0.25) is 0 Å². The van der Waals surface area contributed by atoms with E-state index < -0.39 is 0 Å². The molecule has 1 atom stereocenters. The predicted octanol–water partition coefficient (Wildman–Crippen LogP) is 5.09. The van der Waals surface area contributed by atoms with Crippen LogP contribution >= 0.6 is 0 Å². The molecule has 0 aromatic heterocycles. The molecule has 0 fully saturated rings. The summed E-state index contributed by atoms with van der Waals surface area (Å²) in [4.78, 5) is 0. The highest BCUT2D eigenvalue weighted by molar-refractivity contribution is 5.59. The van der Waals surface area contributed by atoms with Gasteiger partial charge < -0.3 is 5.32 Å². The molecule has 0 saturated carbocycles. The molecule has 0 aliphatic carbocycles. The van der Waals surface area contributed by atoms with Crippen molar-refractivity contribution in [1.29, 1.82) is 0 Å². The summed E-state index contributed by atoms with van der Waals surface area (Å²) < 4.78 is 0. The molecule has 2 rings (SSSR count). The number of anilines is 1. The summed E-state index contributed by atoms with van der Waals surface area (Å²) in [6, 6.07) is 13.5. The molecule has 19 heavy (non-hydrogen) atoms. The van der Waals surface area contributed by atoms with Gasteiger partial charge in [-0.05, 0) is 51.3 Å². The van der Waals surface area contributed by atoms with Crippen LogP contribution < -0.4 is 5.32 Å². The number of benzene rings is 2. The van der Waals surface area contributed by atoms with Crippen LogP contribution in [0.3, 0.4) is 0 Å². The third-order valence-corrected chi connectivity index (χ3v) is 3.58. The topological polar surface area (TPSA) is 12.0 Å². The Morgan fingerprint density at radius 1 is 0.842 bits per heavy atom. The Morgan fingerprint density at radius 2 is 1.47 bits per heavy atom. The molecule has 2 aromatic rings. The third-order valence-electron chi connectivity index (χ3n) is 3.58. The van der Waals surface area contributed by atoms with Crippen molar-refractivity contribution in [3.05, 3.63) is 64.2 Å². The molecule has 0 amide bonds. The molecule has 1 unspecified atom stereocenters. The summed E-state index contributed by atoms with van der Waals surface area (Å²) in [5.74, 6) is 0. The Hall–Kier alpha value is -1.76. The van der Waals surface area contributed by atoms with E-state index in [-0.39, 0.29) is 0 Å². The van der Waals surface area contributed by atoms with Crippen molar-refractivity contribution in [2.45, 2.75) is 40.7 Å². The molecule has 0 aliphatic heterocycles. The molecule has 0 spiro atoms. The van der Waals surface area contributed by atoms with Crippen molar-refractivity contribution >= 4 is 5.69 Å². The number of nitrogens with one attached hydrogen (secondary N) is 1. The van der Waals surface area contributed by atoms with Gasteiger partial charge in [0.1, 0.15) is 0 Å². The highest BCUT2D eigenvalue weighted by Crippen LogP contribution is 2.26. The van der Waals surface area contributed by atoms with Crippen molar-refractivity contribution in [3.63, 3.8) is 0 Å². The fourth-order valence-electron chi connectivity index (χ4n) is 2.65. The Morgan fingerprint density at radius 3 is 2.05 bits per heavy atom. The van der Waals surface area contributed by atoms with Crippen molar-refractivity contribution in [1.82, 2.24) is 0 Å². The monoisotopic (exact) mass is 253 g/mol. The first-order chi connectivity index (χ1) is 8.97. The van der Waals surface area contributed by atoms with Gasteiger partial charge in [-0.25, -0.2) is 0 Å². The maximum atomic E-state index is 3.65. The average Bonchev–Trinajstić information content (AvgIpc) is 2.33. The molecule has 1 heteroatoms. The van der Waals surface area contributed by atoms with Crippen LogP contribution in [0, 0.1) is 27.7 Å². The first-order valence-corrected chi connectivity index (χ1v) is 6.88. The largest absolute Gasteiger partial charge is 0.378 e. The highest BCUT2D eigenvalue weighted by atomic mass is 14.9.